The smallest absolute Gasteiger partial charge is 0.253 e. The highest BCUT2D eigenvalue weighted by Crippen LogP contribution is 2.37. The first-order valence-corrected chi connectivity index (χ1v) is 10.1. The first-order chi connectivity index (χ1) is 14.0. The zero-order valence-corrected chi connectivity index (χ0v) is 16.7. The van der Waals surface area contributed by atoms with Crippen molar-refractivity contribution in [2.45, 2.75) is 44.3 Å². The number of aryl methyl sites for hydroxylation is 1. The van der Waals surface area contributed by atoms with E-state index in [2.05, 4.69) is 16.5 Å². The molecule has 0 unspecified atom stereocenters. The number of nitriles is 1. The van der Waals surface area contributed by atoms with Gasteiger partial charge < -0.3 is 14.6 Å². The molecule has 1 N–H and O–H groups in total. The fourth-order valence-corrected chi connectivity index (χ4v) is 5.04. The zero-order chi connectivity index (χ0) is 20.1. The highest BCUT2D eigenvalue weighted by Gasteiger charge is 2.46. The van der Waals surface area contributed by atoms with E-state index in [0.717, 1.165) is 41.6 Å². The maximum Gasteiger partial charge on any atom is 0.253 e. The molecule has 7 heteroatoms. The molecule has 29 heavy (non-hydrogen) atoms. The minimum Gasteiger partial charge on any atom is -0.347 e. The molecule has 2 bridgehead atoms. The number of fused-ring (bicyclic) bond motifs is 3. The molecule has 2 saturated heterocycles. The number of benzene rings is 1. The summed E-state index contributed by atoms with van der Waals surface area (Å²) < 4.78 is 1.97. The number of amides is 1. The predicted molar refractivity (Wildman–Crippen MR) is 111 cm³/mol. The Kier molecular flexibility index (Phi) is 4.21. The number of hydrogen-bond donors (Lipinski definition) is 1. The van der Waals surface area contributed by atoms with E-state index in [0.29, 0.717) is 10.6 Å². The van der Waals surface area contributed by atoms with Gasteiger partial charge in [-0.1, -0.05) is 17.7 Å². The predicted octanol–water partition coefficient (Wildman–Crippen LogP) is 3.78. The van der Waals surface area contributed by atoms with Gasteiger partial charge in [0, 0.05) is 30.2 Å². The number of imidazole rings is 1. The van der Waals surface area contributed by atoms with Crippen LogP contribution >= 0.6 is 11.6 Å². The van der Waals surface area contributed by atoms with Crippen molar-refractivity contribution in [1.29, 1.82) is 5.26 Å². The third-order valence-corrected chi connectivity index (χ3v) is 6.54. The number of nitrogens with one attached hydrogen (secondary N) is 1. The van der Waals surface area contributed by atoms with Gasteiger partial charge in [-0.25, -0.2) is 4.98 Å². The molecule has 1 aromatic carbocycles. The Bertz CT molecular complexity index is 1160. The molecule has 2 aliphatic heterocycles. The summed E-state index contributed by atoms with van der Waals surface area (Å²) in [7, 11) is 0. The van der Waals surface area contributed by atoms with E-state index in [1.54, 1.807) is 12.3 Å². The topological polar surface area (TPSA) is 73.4 Å². The first kappa shape index (κ1) is 18.0. The summed E-state index contributed by atoms with van der Waals surface area (Å²) in [5.74, 6) is -0.182. The molecule has 146 valence electrons. The Balaban J connectivity index is 1.39. The molecule has 4 heterocycles. The van der Waals surface area contributed by atoms with Crippen molar-refractivity contribution in [2.24, 2.45) is 0 Å². The van der Waals surface area contributed by atoms with Gasteiger partial charge in [-0.15, -0.1) is 0 Å². The number of nitrogens with zero attached hydrogens (tertiary/aromatic N) is 4. The second kappa shape index (κ2) is 6.78. The molecule has 3 aromatic rings. The summed E-state index contributed by atoms with van der Waals surface area (Å²) in [6.45, 7) is 2.04. The fourth-order valence-electron chi connectivity index (χ4n) is 4.77. The number of hydrogen-bond acceptors (Lipinski definition) is 4. The van der Waals surface area contributed by atoms with Gasteiger partial charge in [0.2, 0.25) is 0 Å². The molecule has 2 aliphatic rings. The van der Waals surface area contributed by atoms with Crippen molar-refractivity contribution in [3.63, 3.8) is 0 Å². The number of carbonyl (C=O) groups excluding carboxylic acids is 1. The quantitative estimate of drug-likeness (QED) is 0.673. The molecule has 6 nitrogen and oxygen atoms in total. The van der Waals surface area contributed by atoms with E-state index >= 15 is 0 Å². The Hall–Kier alpha value is -3.04. The van der Waals surface area contributed by atoms with Crippen LogP contribution < -0.4 is 5.32 Å². The van der Waals surface area contributed by atoms with Crippen molar-refractivity contribution >= 4 is 23.2 Å². The Morgan fingerprint density at radius 1 is 1.34 bits per heavy atom. The van der Waals surface area contributed by atoms with E-state index in [1.165, 1.54) is 0 Å². The molecular formula is C22H20ClN5O. The van der Waals surface area contributed by atoms with Gasteiger partial charge in [-0.3, -0.25) is 4.79 Å². The normalized spacial score (nSPS) is 22.8. The number of halogens is 1. The summed E-state index contributed by atoms with van der Waals surface area (Å²) in [5, 5.41) is 12.8. The van der Waals surface area contributed by atoms with Crippen molar-refractivity contribution in [3.05, 3.63) is 59.0 Å². The standard InChI is InChI=1S/C22H20ClN5O/c1-13-8-21-25-6-7-27(21)11-17(13)14-2-4-16(18(23)9-14)22(29)26-19-10-15-3-5-20(19)28(15)12-24/h2,4,6-9,11,15,19-20H,3,5,10H2,1H3,(H,26,29)/t15-,19+,20+/m0/s1. The summed E-state index contributed by atoms with van der Waals surface area (Å²) in [6, 6.07) is 7.94. The van der Waals surface area contributed by atoms with Crippen LogP contribution in [0.5, 0.6) is 0 Å². The Morgan fingerprint density at radius 3 is 2.97 bits per heavy atom. The van der Waals surface area contributed by atoms with Crippen molar-refractivity contribution in [1.82, 2.24) is 19.6 Å². The average molecular weight is 406 g/mol. The lowest BCUT2D eigenvalue weighted by atomic mass is 9.95. The van der Waals surface area contributed by atoms with Gasteiger partial charge in [0.1, 0.15) is 5.65 Å². The molecular weight excluding hydrogens is 386 g/mol. The number of rotatable bonds is 3. The molecule has 3 atom stereocenters. The van der Waals surface area contributed by atoms with Crippen LogP contribution in [0.25, 0.3) is 16.8 Å². The molecule has 0 radical (unpaired) electrons. The van der Waals surface area contributed by atoms with Crippen molar-refractivity contribution < 1.29 is 4.79 Å². The minimum atomic E-state index is -0.182. The summed E-state index contributed by atoms with van der Waals surface area (Å²) in [5.41, 5.74) is 4.45. The van der Waals surface area contributed by atoms with Crippen LogP contribution in [0.3, 0.4) is 0 Å². The second-order valence-electron chi connectivity index (χ2n) is 7.88. The van der Waals surface area contributed by atoms with Gasteiger partial charge in [0.15, 0.2) is 6.19 Å². The van der Waals surface area contributed by atoms with Crippen molar-refractivity contribution in [3.8, 4) is 17.3 Å². The van der Waals surface area contributed by atoms with Crippen molar-refractivity contribution in [2.75, 3.05) is 0 Å². The molecule has 0 saturated carbocycles. The van der Waals surface area contributed by atoms with Gasteiger partial charge in [0.25, 0.3) is 5.91 Å². The Labute approximate surface area is 173 Å². The molecule has 5 rings (SSSR count). The largest absolute Gasteiger partial charge is 0.347 e. The van der Waals surface area contributed by atoms with E-state index in [1.807, 2.05) is 46.8 Å². The van der Waals surface area contributed by atoms with E-state index in [-0.39, 0.29) is 24.0 Å². The lowest BCUT2D eigenvalue weighted by Crippen LogP contribution is -2.43. The minimum absolute atomic E-state index is 0.00235. The highest BCUT2D eigenvalue weighted by atomic mass is 35.5. The number of aromatic nitrogens is 2. The fraction of sp³-hybridized carbons (Fsp3) is 0.318. The molecule has 2 aromatic heterocycles. The summed E-state index contributed by atoms with van der Waals surface area (Å²) >= 11 is 6.50. The van der Waals surface area contributed by atoms with Gasteiger partial charge >= 0.3 is 0 Å². The number of carbonyl (C=O) groups is 1. The maximum atomic E-state index is 12.8. The van der Waals surface area contributed by atoms with E-state index in [4.69, 9.17) is 11.6 Å². The van der Waals surface area contributed by atoms with Gasteiger partial charge in [0.05, 0.1) is 22.7 Å². The lowest BCUT2D eigenvalue weighted by Gasteiger charge is -2.22. The molecule has 0 spiro atoms. The SMILES string of the molecule is Cc1cc2nccn2cc1-c1ccc(C(=O)N[C@@H]2C[C@@H]3CC[C@H]2N3C#N)c(Cl)c1. The maximum absolute atomic E-state index is 12.8. The number of pyridine rings is 1. The van der Waals surface area contributed by atoms with E-state index in [9.17, 15) is 10.1 Å². The zero-order valence-electron chi connectivity index (χ0n) is 16.0. The Morgan fingerprint density at radius 2 is 2.21 bits per heavy atom. The first-order valence-electron chi connectivity index (χ1n) is 9.77. The third-order valence-electron chi connectivity index (χ3n) is 6.23. The molecule has 0 aliphatic carbocycles. The monoisotopic (exact) mass is 405 g/mol. The lowest BCUT2D eigenvalue weighted by molar-refractivity contribution is 0.0928. The van der Waals surface area contributed by atoms with Crippen LogP contribution in [0.15, 0.2) is 42.9 Å². The second-order valence-corrected chi connectivity index (χ2v) is 8.29. The van der Waals surface area contributed by atoms with Crippen LogP contribution in [-0.4, -0.2) is 38.3 Å². The third kappa shape index (κ3) is 2.93. The van der Waals surface area contributed by atoms with Gasteiger partial charge in [-0.2, -0.15) is 5.26 Å². The van der Waals surface area contributed by atoms with Crippen LogP contribution in [0.2, 0.25) is 5.02 Å². The van der Waals surface area contributed by atoms with E-state index < -0.39 is 0 Å². The molecule has 1 amide bonds. The summed E-state index contributed by atoms with van der Waals surface area (Å²) in [4.78, 5) is 19.0. The molecule has 2 fully saturated rings. The average Bonchev–Trinajstić information content (AvgIpc) is 3.40. The van der Waals surface area contributed by atoms with Crippen LogP contribution in [0, 0.1) is 18.4 Å². The highest BCUT2D eigenvalue weighted by molar-refractivity contribution is 6.34. The van der Waals surface area contributed by atoms with Crippen LogP contribution in [-0.2, 0) is 0 Å². The van der Waals surface area contributed by atoms with Crippen LogP contribution in [0.4, 0.5) is 0 Å². The van der Waals surface area contributed by atoms with Crippen LogP contribution in [0.1, 0.15) is 35.2 Å². The summed E-state index contributed by atoms with van der Waals surface area (Å²) in [6.07, 6.45) is 10.8. The van der Waals surface area contributed by atoms with Gasteiger partial charge in [-0.05, 0) is 55.5 Å².